The van der Waals surface area contributed by atoms with E-state index >= 15 is 0 Å². The molecule has 0 aromatic heterocycles. The Labute approximate surface area is 137 Å². The van der Waals surface area contributed by atoms with E-state index in [1.807, 2.05) is 0 Å². The van der Waals surface area contributed by atoms with E-state index in [1.165, 1.54) is 0 Å². The zero-order valence-electron chi connectivity index (χ0n) is 10.4. The summed E-state index contributed by atoms with van der Waals surface area (Å²) in [4.78, 5) is 64.7. The van der Waals surface area contributed by atoms with Gasteiger partial charge in [0.05, 0.1) is 0 Å². The first kappa shape index (κ1) is 23.6. The fourth-order valence-electron chi connectivity index (χ4n) is 1.26. The van der Waals surface area contributed by atoms with E-state index in [2.05, 4.69) is 0 Å². The Bertz CT molecular complexity index is 496. The first-order chi connectivity index (χ1) is 9.70. The van der Waals surface area contributed by atoms with Gasteiger partial charge in [-0.25, -0.2) is 0 Å². The smallest absolute Gasteiger partial charge is 0.481 e. The van der Waals surface area contributed by atoms with Crippen LogP contribution in [0, 0.1) is 0 Å². The summed E-state index contributed by atoms with van der Waals surface area (Å²) in [6.07, 6.45) is -1.86. The summed E-state index contributed by atoms with van der Waals surface area (Å²) in [7, 11) is -8.25. The van der Waals surface area contributed by atoms with E-state index in [0.29, 0.717) is 0 Å². The van der Waals surface area contributed by atoms with Crippen LogP contribution in [0.15, 0.2) is 0 Å². The van der Waals surface area contributed by atoms with Gasteiger partial charge in [0.25, 0.3) is 0 Å². The lowest BCUT2D eigenvalue weighted by molar-refractivity contribution is -0.147. The highest BCUT2D eigenvalue weighted by Gasteiger charge is 2.61. The van der Waals surface area contributed by atoms with Crippen molar-refractivity contribution in [2.75, 3.05) is 0 Å². The molecule has 0 saturated heterocycles. The van der Waals surface area contributed by atoms with E-state index in [4.69, 9.17) is 39.5 Å². The zero-order valence-corrected chi connectivity index (χ0v) is 14.4. The van der Waals surface area contributed by atoms with Gasteiger partial charge < -0.3 is 25.1 Å². The van der Waals surface area contributed by atoms with Gasteiger partial charge in [-0.3, -0.25) is 18.9 Å². The van der Waals surface area contributed by atoms with E-state index in [1.54, 1.807) is 0 Å². The molecule has 0 aliphatic heterocycles. The normalized spacial score (nSPS) is 14.8. The predicted octanol–water partition coefficient (Wildman–Crippen LogP) is -0.631. The summed E-state index contributed by atoms with van der Waals surface area (Å²) in [5.74, 6) is -5.27. The molecule has 0 radical (unpaired) electrons. The highest BCUT2D eigenvalue weighted by molar-refractivity contribution is 14.1. The minimum Gasteiger partial charge on any atom is -0.481 e. The quantitative estimate of drug-likeness (QED) is 0.138. The number of rotatable bonds is 7. The zero-order chi connectivity index (χ0) is 18.3. The lowest BCUT2D eigenvalue weighted by Gasteiger charge is -2.31. The van der Waals surface area contributed by atoms with Crippen molar-refractivity contribution in [1.82, 2.24) is 0 Å². The third kappa shape index (κ3) is 7.05. The summed E-state index contributed by atoms with van der Waals surface area (Å²) in [6.45, 7) is 0. The van der Waals surface area contributed by atoms with Gasteiger partial charge in [0.2, 0.25) is 0 Å². The molecule has 0 heterocycles. The minimum absolute atomic E-state index is 0.871. The Kier molecular flexibility index (Phi) is 10.1. The first-order valence-electron chi connectivity index (χ1n) is 4.92. The highest BCUT2D eigenvalue weighted by Crippen LogP contribution is 2.57. The van der Waals surface area contributed by atoms with E-state index < -0.39 is 55.7 Å². The van der Waals surface area contributed by atoms with Crippen LogP contribution < -0.4 is 0 Å². The van der Waals surface area contributed by atoms with Gasteiger partial charge in [-0.1, -0.05) is 22.6 Å². The molecule has 2 atom stereocenters. The molecule has 128 valence electrons. The lowest BCUT2D eigenvalue weighted by Crippen LogP contribution is -2.50. The number of hydrogen-bond acceptors (Lipinski definition) is 5. The van der Waals surface area contributed by atoms with Crippen molar-refractivity contribution in [2.45, 2.75) is 21.9 Å². The molecule has 0 saturated carbocycles. The molecule has 0 spiro atoms. The van der Waals surface area contributed by atoms with Crippen LogP contribution in [0.5, 0.6) is 0 Å². The number of hydrogen-bond donors (Lipinski definition) is 7. The molecule has 0 aliphatic rings. The number of carboxylic acids is 3. The maximum absolute atomic E-state index is 11.3. The Morgan fingerprint density at radius 2 is 1.50 bits per heavy atom. The standard InChI is InChI=1S/C7H10IO9P.HO3P/c8-4(5(11)12)7(6(13)14,18(15,16)17)2-1-3(9)10;1-4(2)3/h4H,1-2H2,(H,9,10)(H,11,12)(H,13,14)(H2,15,16,17);(H-,1,2,3)/p+1. The average Bonchev–Trinajstić information content (AvgIpc) is 2.25. The van der Waals surface area contributed by atoms with Crippen molar-refractivity contribution >= 4 is 56.3 Å². The van der Waals surface area contributed by atoms with Crippen molar-refractivity contribution in [3.05, 3.63) is 0 Å². The summed E-state index contributed by atoms with van der Waals surface area (Å²) >= 11 is 1.07. The van der Waals surface area contributed by atoms with Gasteiger partial charge in [-0.15, -0.1) is 9.79 Å². The molecule has 0 amide bonds. The predicted molar refractivity (Wildman–Crippen MR) is 76.8 cm³/mol. The van der Waals surface area contributed by atoms with Crippen LogP contribution in [0.3, 0.4) is 0 Å². The molecule has 0 bridgehead atoms. The van der Waals surface area contributed by atoms with Gasteiger partial charge in [-0.05, 0) is 6.42 Å². The maximum Gasteiger partial charge on any atom is 0.692 e. The van der Waals surface area contributed by atoms with E-state index in [9.17, 15) is 18.9 Å². The van der Waals surface area contributed by atoms with Crippen molar-refractivity contribution in [2.24, 2.45) is 0 Å². The number of aliphatic carboxylic acids is 3. The summed E-state index contributed by atoms with van der Waals surface area (Å²) in [5, 5.41) is 23.2. The Morgan fingerprint density at radius 1 is 1.14 bits per heavy atom. The fraction of sp³-hybridized carbons (Fsp3) is 0.571. The molecule has 12 nitrogen and oxygen atoms in total. The summed E-state index contributed by atoms with van der Waals surface area (Å²) in [6, 6.07) is 0. The first-order valence-corrected chi connectivity index (χ1v) is 8.95. The second kappa shape index (κ2) is 9.45. The molecule has 0 aromatic rings. The van der Waals surface area contributed by atoms with Crippen LogP contribution in [0.2, 0.25) is 0 Å². The molecule has 0 rings (SSSR count). The van der Waals surface area contributed by atoms with Crippen LogP contribution in [-0.4, -0.2) is 61.9 Å². The monoisotopic (exact) mass is 477 g/mol. The van der Waals surface area contributed by atoms with Gasteiger partial charge in [0.1, 0.15) is 3.92 Å². The van der Waals surface area contributed by atoms with Gasteiger partial charge in [0, 0.05) is 11.0 Å². The molecule has 0 fully saturated rings. The van der Waals surface area contributed by atoms with Gasteiger partial charge in [0.15, 0.2) is 5.16 Å². The molecule has 22 heavy (non-hydrogen) atoms. The lowest BCUT2D eigenvalue weighted by atomic mass is 9.98. The number of halogens is 1. The van der Waals surface area contributed by atoms with Crippen LogP contribution in [-0.2, 0) is 23.5 Å². The number of carbonyl (C=O) groups is 3. The largest absolute Gasteiger partial charge is 0.692 e. The van der Waals surface area contributed by atoms with Crippen molar-refractivity contribution in [1.29, 1.82) is 0 Å². The van der Waals surface area contributed by atoms with Crippen LogP contribution in [0.1, 0.15) is 12.8 Å². The summed E-state index contributed by atoms with van der Waals surface area (Å²) in [5.41, 5.74) is 0. The fourth-order valence-corrected chi connectivity index (χ4v) is 3.99. The number of alkyl halides is 1. The molecule has 0 aliphatic carbocycles. The average molecular weight is 477 g/mol. The van der Waals surface area contributed by atoms with Crippen molar-refractivity contribution in [3.8, 4) is 0 Å². The second-order valence-electron chi connectivity index (χ2n) is 3.62. The highest BCUT2D eigenvalue weighted by atomic mass is 127. The molecule has 0 aromatic carbocycles. The maximum atomic E-state index is 11.3. The summed E-state index contributed by atoms with van der Waals surface area (Å²) < 4.78 is 18.0. The third-order valence-electron chi connectivity index (χ3n) is 2.25. The van der Waals surface area contributed by atoms with Crippen LogP contribution in [0.25, 0.3) is 0 Å². The minimum atomic E-state index is -5.38. The molecule has 15 heteroatoms. The SMILES string of the molecule is O=C(O)CCC(C(=O)O)(C(I)C(=O)O)P(=O)(O)O.O=[P+](O)O. The Balaban J connectivity index is 0. The molecular formula is C7H12IO12P2+. The van der Waals surface area contributed by atoms with Crippen molar-refractivity contribution in [3.63, 3.8) is 0 Å². The van der Waals surface area contributed by atoms with Crippen LogP contribution in [0.4, 0.5) is 0 Å². The third-order valence-corrected chi connectivity index (χ3v) is 6.05. The van der Waals surface area contributed by atoms with E-state index in [0.717, 1.165) is 22.6 Å². The van der Waals surface area contributed by atoms with Crippen molar-refractivity contribution < 1.29 is 58.4 Å². The molecular weight excluding hydrogens is 465 g/mol. The molecule has 2 unspecified atom stereocenters. The van der Waals surface area contributed by atoms with Gasteiger partial charge >= 0.3 is 33.8 Å². The topological polar surface area (TPSA) is 227 Å². The van der Waals surface area contributed by atoms with E-state index in [-0.39, 0.29) is 0 Å². The van der Waals surface area contributed by atoms with Crippen LogP contribution >= 0.6 is 38.4 Å². The Morgan fingerprint density at radius 3 is 1.68 bits per heavy atom. The number of carboxylic acid groups (broad SMARTS) is 3. The second-order valence-corrected chi connectivity index (χ2v) is 7.26. The van der Waals surface area contributed by atoms with Gasteiger partial charge in [-0.2, -0.15) is 0 Å². The molecule has 7 N–H and O–H groups in total. The Hall–Kier alpha value is -0.690.